The Balaban J connectivity index is 3.44. The number of hydrogen-bond acceptors (Lipinski definition) is 2. The molecule has 0 aromatic carbocycles. The minimum Gasteiger partial charge on any atom is -0.384 e. The molecule has 0 radical (unpaired) electrons. The van der Waals surface area contributed by atoms with Crippen molar-refractivity contribution in [3.05, 3.63) is 12.3 Å². The van der Waals surface area contributed by atoms with E-state index in [-0.39, 0.29) is 5.91 Å². The van der Waals surface area contributed by atoms with Crippen molar-refractivity contribution in [2.75, 3.05) is 27.7 Å². The van der Waals surface area contributed by atoms with Crippen LogP contribution in [-0.4, -0.2) is 43.4 Å². The summed E-state index contributed by atoms with van der Waals surface area (Å²) >= 11 is 0. The Hall–Kier alpha value is -0.990. The molecular weight excluding hydrogens is 260 g/mol. The maximum Gasteiger partial charge on any atom is 0.222 e. The van der Waals surface area contributed by atoms with Crippen LogP contribution >= 0.6 is 0 Å². The molecule has 1 amide bonds. The maximum atomic E-state index is 11.9. The molecule has 0 aliphatic heterocycles. The normalized spacial score (nSPS) is 11.0. The Morgan fingerprint density at radius 2 is 1.38 bits per heavy atom. The first-order valence-corrected chi connectivity index (χ1v) is 8.65. The van der Waals surface area contributed by atoms with Crippen LogP contribution < -0.4 is 0 Å². The lowest BCUT2D eigenvalue weighted by Gasteiger charge is -2.15. The molecular formula is C18H36N2O. The van der Waals surface area contributed by atoms with Gasteiger partial charge in [0.1, 0.15) is 0 Å². The first-order valence-electron chi connectivity index (χ1n) is 8.65. The maximum absolute atomic E-state index is 11.9. The number of likely N-dealkylation sites (N-methyl/N-ethyl adjacent to an activating group) is 1. The molecule has 0 saturated heterocycles. The van der Waals surface area contributed by atoms with E-state index in [0.717, 1.165) is 6.42 Å². The van der Waals surface area contributed by atoms with E-state index in [4.69, 9.17) is 0 Å². The summed E-state index contributed by atoms with van der Waals surface area (Å²) in [6.45, 7) is 2.96. The first kappa shape index (κ1) is 20.0. The zero-order valence-electron chi connectivity index (χ0n) is 14.7. The van der Waals surface area contributed by atoms with E-state index in [1.165, 1.54) is 51.4 Å². The largest absolute Gasteiger partial charge is 0.384 e. The highest BCUT2D eigenvalue weighted by Gasteiger charge is 2.06. The van der Waals surface area contributed by atoms with Gasteiger partial charge in [0.05, 0.1) is 0 Å². The smallest absolute Gasteiger partial charge is 0.222 e. The van der Waals surface area contributed by atoms with Crippen LogP contribution in [0.5, 0.6) is 0 Å². The Morgan fingerprint density at radius 1 is 0.857 bits per heavy atom. The summed E-state index contributed by atoms with van der Waals surface area (Å²) in [5.41, 5.74) is 0. The average molecular weight is 296 g/mol. The van der Waals surface area contributed by atoms with Crippen LogP contribution in [-0.2, 0) is 4.79 Å². The number of nitrogens with zero attached hydrogens (tertiary/aromatic N) is 2. The summed E-state index contributed by atoms with van der Waals surface area (Å²) in [6, 6.07) is 0. The molecule has 0 N–H and O–H groups in total. The van der Waals surface area contributed by atoms with Gasteiger partial charge in [-0.3, -0.25) is 4.79 Å². The van der Waals surface area contributed by atoms with Crippen molar-refractivity contribution in [3.8, 4) is 0 Å². The van der Waals surface area contributed by atoms with E-state index >= 15 is 0 Å². The van der Waals surface area contributed by atoms with E-state index in [1.807, 2.05) is 43.2 Å². The van der Waals surface area contributed by atoms with Gasteiger partial charge in [-0.2, -0.15) is 0 Å². The van der Waals surface area contributed by atoms with Gasteiger partial charge in [-0.1, -0.05) is 58.3 Å². The Bertz CT molecular complexity index is 274. The fourth-order valence-electron chi connectivity index (χ4n) is 2.30. The van der Waals surface area contributed by atoms with Gasteiger partial charge in [0, 0.05) is 34.1 Å². The molecule has 21 heavy (non-hydrogen) atoms. The average Bonchev–Trinajstić information content (AvgIpc) is 2.44. The lowest BCUT2D eigenvalue weighted by molar-refractivity contribution is -0.129. The van der Waals surface area contributed by atoms with Crippen molar-refractivity contribution >= 4 is 5.91 Å². The summed E-state index contributed by atoms with van der Waals surface area (Å²) in [5.74, 6) is 0.265. The lowest BCUT2D eigenvalue weighted by Crippen LogP contribution is -2.26. The van der Waals surface area contributed by atoms with Gasteiger partial charge in [-0.05, 0) is 18.7 Å². The SMILES string of the molecule is CCCCCCCCCCCC(=O)N(C)CC=CN(C)C. The number of carbonyl (C=O) groups excluding carboxylic acids is 1. The molecule has 0 rings (SSSR count). The molecule has 0 aromatic heterocycles. The van der Waals surface area contributed by atoms with Crippen LogP contribution in [0.3, 0.4) is 0 Å². The molecule has 0 atom stereocenters. The van der Waals surface area contributed by atoms with Crippen molar-refractivity contribution in [2.24, 2.45) is 0 Å². The molecule has 0 saturated carbocycles. The van der Waals surface area contributed by atoms with Crippen LogP contribution in [0.4, 0.5) is 0 Å². The van der Waals surface area contributed by atoms with Crippen molar-refractivity contribution in [1.29, 1.82) is 0 Å². The summed E-state index contributed by atoms with van der Waals surface area (Å²) in [6.07, 6.45) is 16.4. The number of rotatable bonds is 13. The van der Waals surface area contributed by atoms with E-state index in [1.54, 1.807) is 0 Å². The molecule has 0 spiro atoms. The molecule has 3 heteroatoms. The van der Waals surface area contributed by atoms with E-state index < -0.39 is 0 Å². The lowest BCUT2D eigenvalue weighted by atomic mass is 10.1. The van der Waals surface area contributed by atoms with Crippen LogP contribution in [0.25, 0.3) is 0 Å². The molecule has 3 nitrogen and oxygen atoms in total. The second kappa shape index (κ2) is 14.0. The van der Waals surface area contributed by atoms with E-state index in [9.17, 15) is 4.79 Å². The van der Waals surface area contributed by atoms with Crippen LogP contribution in [0.15, 0.2) is 12.3 Å². The number of hydrogen-bond donors (Lipinski definition) is 0. The summed E-state index contributed by atoms with van der Waals surface area (Å²) in [7, 11) is 5.86. The van der Waals surface area contributed by atoms with Crippen molar-refractivity contribution in [2.45, 2.75) is 71.1 Å². The topological polar surface area (TPSA) is 23.6 Å². The predicted octanol–water partition coefficient (Wildman–Crippen LogP) is 4.44. The minimum absolute atomic E-state index is 0.265. The van der Waals surface area contributed by atoms with E-state index in [0.29, 0.717) is 13.0 Å². The van der Waals surface area contributed by atoms with Gasteiger partial charge >= 0.3 is 0 Å². The van der Waals surface area contributed by atoms with E-state index in [2.05, 4.69) is 6.92 Å². The van der Waals surface area contributed by atoms with Gasteiger partial charge in [-0.25, -0.2) is 0 Å². The second-order valence-electron chi connectivity index (χ2n) is 6.20. The summed E-state index contributed by atoms with van der Waals surface area (Å²) in [5, 5.41) is 0. The Labute approximate surface area is 132 Å². The zero-order chi connectivity index (χ0) is 15.9. The Kier molecular flexibility index (Phi) is 13.3. The van der Waals surface area contributed by atoms with Gasteiger partial charge in [0.15, 0.2) is 0 Å². The molecule has 0 aliphatic rings. The molecule has 0 aliphatic carbocycles. The number of carbonyl (C=O) groups is 1. The quantitative estimate of drug-likeness (QED) is 0.469. The first-order chi connectivity index (χ1) is 10.1. The Morgan fingerprint density at radius 3 is 1.90 bits per heavy atom. The molecule has 0 heterocycles. The highest BCUT2D eigenvalue weighted by Crippen LogP contribution is 2.10. The van der Waals surface area contributed by atoms with Gasteiger partial charge in [0.2, 0.25) is 5.91 Å². The monoisotopic (exact) mass is 296 g/mol. The summed E-state index contributed by atoms with van der Waals surface area (Å²) < 4.78 is 0. The number of amides is 1. The summed E-state index contributed by atoms with van der Waals surface area (Å²) in [4.78, 5) is 15.7. The van der Waals surface area contributed by atoms with Crippen molar-refractivity contribution < 1.29 is 4.79 Å². The van der Waals surface area contributed by atoms with Crippen molar-refractivity contribution in [1.82, 2.24) is 9.80 Å². The van der Waals surface area contributed by atoms with Crippen LogP contribution in [0.2, 0.25) is 0 Å². The minimum atomic E-state index is 0.265. The fourth-order valence-corrected chi connectivity index (χ4v) is 2.30. The third-order valence-electron chi connectivity index (χ3n) is 3.70. The standard InChI is InChI=1S/C18H36N2O/c1-5-6-7-8-9-10-11-12-13-15-18(21)20(4)17-14-16-19(2)3/h14,16H,5-13,15,17H2,1-4H3. The molecule has 0 fully saturated rings. The zero-order valence-corrected chi connectivity index (χ0v) is 14.7. The molecule has 0 aromatic rings. The van der Waals surface area contributed by atoms with Crippen LogP contribution in [0.1, 0.15) is 71.1 Å². The predicted molar refractivity (Wildman–Crippen MR) is 92.3 cm³/mol. The molecule has 0 unspecified atom stereocenters. The van der Waals surface area contributed by atoms with Crippen molar-refractivity contribution in [3.63, 3.8) is 0 Å². The third kappa shape index (κ3) is 13.7. The molecule has 0 bridgehead atoms. The van der Waals surface area contributed by atoms with Crippen LogP contribution in [0, 0.1) is 0 Å². The fraction of sp³-hybridized carbons (Fsp3) is 0.833. The van der Waals surface area contributed by atoms with Gasteiger partial charge in [0.25, 0.3) is 0 Å². The number of unbranched alkanes of at least 4 members (excludes halogenated alkanes) is 8. The highest BCUT2D eigenvalue weighted by molar-refractivity contribution is 5.75. The third-order valence-corrected chi connectivity index (χ3v) is 3.70. The second-order valence-corrected chi connectivity index (χ2v) is 6.20. The van der Waals surface area contributed by atoms with Gasteiger partial charge < -0.3 is 9.80 Å². The molecule has 124 valence electrons. The van der Waals surface area contributed by atoms with Gasteiger partial charge in [-0.15, -0.1) is 0 Å². The highest BCUT2D eigenvalue weighted by atomic mass is 16.2.